The average Bonchev–Trinajstić information content (AvgIpc) is 3.47. The first-order valence-corrected chi connectivity index (χ1v) is 32.4. The quantitative estimate of drug-likeness (QED) is 0.0261. The molecule has 0 fully saturated rings. The summed E-state index contributed by atoms with van der Waals surface area (Å²) in [5.41, 5.74) is 0. The van der Waals surface area contributed by atoms with E-state index in [0.717, 1.165) is 154 Å². The van der Waals surface area contributed by atoms with Crippen LogP contribution in [0.5, 0.6) is 0 Å². The molecule has 0 rings (SSSR count). The summed E-state index contributed by atoms with van der Waals surface area (Å²) in [6.45, 7) is 6.31. The van der Waals surface area contributed by atoms with E-state index < -0.39 is 6.10 Å². The molecule has 6 nitrogen and oxygen atoms in total. The van der Waals surface area contributed by atoms with Gasteiger partial charge < -0.3 is 14.2 Å². The van der Waals surface area contributed by atoms with Crippen molar-refractivity contribution < 1.29 is 28.6 Å². The predicted molar refractivity (Wildman–Crippen MR) is 357 cm³/mol. The topological polar surface area (TPSA) is 78.9 Å². The zero-order chi connectivity index (χ0) is 59.2. The van der Waals surface area contributed by atoms with Gasteiger partial charge in [0.05, 0.1) is 0 Å². The van der Waals surface area contributed by atoms with E-state index >= 15 is 0 Å². The first kappa shape index (κ1) is 76.2. The Kier molecular flexibility index (Phi) is 63.0. The fourth-order valence-electron chi connectivity index (χ4n) is 8.07. The van der Waals surface area contributed by atoms with Crippen LogP contribution >= 0.6 is 0 Å². The molecular formula is C76H116O6. The molecule has 0 aliphatic carbocycles. The second-order valence-corrected chi connectivity index (χ2v) is 20.6. The number of unbranched alkanes of at least 4 members (excludes halogenated alkanes) is 13. The average molecular weight is 1130 g/mol. The number of hydrogen-bond donors (Lipinski definition) is 0. The molecule has 0 aromatic heterocycles. The third kappa shape index (κ3) is 65.1. The van der Waals surface area contributed by atoms with Crippen molar-refractivity contribution >= 4 is 17.9 Å². The standard InChI is InChI=1S/C76H116O6/c1-4-7-10-13-16-19-22-24-26-28-30-32-34-35-36-37-38-39-40-41-43-44-46-48-50-52-54-57-60-63-66-69-75(78)81-72-73(71-80-74(77)68-65-62-59-56-21-18-15-12-9-6-3)82-76(79)70-67-64-61-58-55-53-51-49-47-45-42-33-31-29-27-25-23-20-17-14-11-8-5-2/h7-8,10-11,16-17,19-20,24-27,30-33,35-36,38-39,41,43,45-48,51-54,58,61,73H,4-6,9,12-15,18,21-23,28-29,34,37,40,42,44,49-50,55-57,59-60,62-72H2,1-3H3/b10-7-,11-8-,19-16-,20-17-,26-24-,27-25-,32-30-,33-31-,36-35-,39-38-,43-41-,47-45-,48-46-,53-51-,54-52-,61-58-. The van der Waals surface area contributed by atoms with Gasteiger partial charge in [-0.2, -0.15) is 0 Å². The van der Waals surface area contributed by atoms with E-state index in [9.17, 15) is 14.4 Å². The Balaban J connectivity index is 4.46. The fourth-order valence-corrected chi connectivity index (χ4v) is 8.07. The highest BCUT2D eigenvalue weighted by Crippen LogP contribution is 2.13. The van der Waals surface area contributed by atoms with E-state index in [4.69, 9.17) is 14.2 Å². The van der Waals surface area contributed by atoms with Crippen molar-refractivity contribution in [1.29, 1.82) is 0 Å². The lowest BCUT2D eigenvalue weighted by molar-refractivity contribution is -0.167. The van der Waals surface area contributed by atoms with Gasteiger partial charge in [-0.05, 0) is 141 Å². The summed E-state index contributed by atoms with van der Waals surface area (Å²) in [5.74, 6) is -1.03. The zero-order valence-electron chi connectivity index (χ0n) is 52.2. The van der Waals surface area contributed by atoms with Crippen LogP contribution in [0, 0.1) is 0 Å². The smallest absolute Gasteiger partial charge is 0.306 e. The summed E-state index contributed by atoms with van der Waals surface area (Å²) in [5, 5.41) is 0. The van der Waals surface area contributed by atoms with Crippen LogP contribution < -0.4 is 0 Å². The van der Waals surface area contributed by atoms with Crippen LogP contribution in [0.15, 0.2) is 194 Å². The minimum atomic E-state index is -0.833. The lowest BCUT2D eigenvalue weighted by Crippen LogP contribution is -2.30. The zero-order valence-corrected chi connectivity index (χ0v) is 52.2. The molecule has 1 unspecified atom stereocenters. The second-order valence-electron chi connectivity index (χ2n) is 20.6. The second kappa shape index (κ2) is 67.8. The molecule has 456 valence electrons. The first-order valence-electron chi connectivity index (χ1n) is 32.4. The number of esters is 3. The fraction of sp³-hybridized carbons (Fsp3) is 0.539. The number of rotatable bonds is 56. The molecule has 0 aromatic carbocycles. The molecule has 0 radical (unpaired) electrons. The largest absolute Gasteiger partial charge is 0.462 e. The maximum atomic E-state index is 12.9. The molecule has 0 bridgehead atoms. The summed E-state index contributed by atoms with van der Waals surface area (Å²) in [6.07, 6.45) is 103. The Labute approximate surface area is 503 Å². The van der Waals surface area contributed by atoms with Gasteiger partial charge in [0.1, 0.15) is 13.2 Å². The number of carbonyl (C=O) groups is 3. The lowest BCUT2D eigenvalue weighted by atomic mass is 10.1. The molecule has 0 N–H and O–H groups in total. The maximum absolute atomic E-state index is 12.9. The number of ether oxygens (including phenoxy) is 3. The Morgan fingerprint density at radius 2 is 0.488 bits per heavy atom. The van der Waals surface area contributed by atoms with Crippen molar-refractivity contribution in [3.8, 4) is 0 Å². The SMILES string of the molecule is CC/C=C\C/C=C\C/C=C\C/C=C\C/C=C\C/C=C\C/C=C\C/C=C\C/C=C\CCCCCC(=O)OCC(COC(=O)CCCCCCCCCCCC)OC(=O)CCC/C=C\C/C=C\C/C=C\C/C=C\C/C=C\C/C=C\C/C=C\CC. The van der Waals surface area contributed by atoms with Crippen LogP contribution in [0.2, 0.25) is 0 Å². The summed E-state index contributed by atoms with van der Waals surface area (Å²) >= 11 is 0. The van der Waals surface area contributed by atoms with Crippen molar-refractivity contribution in [2.24, 2.45) is 0 Å². The van der Waals surface area contributed by atoms with Crippen LogP contribution in [-0.4, -0.2) is 37.2 Å². The van der Waals surface area contributed by atoms with Crippen molar-refractivity contribution in [3.05, 3.63) is 194 Å². The van der Waals surface area contributed by atoms with Gasteiger partial charge in [0.25, 0.3) is 0 Å². The summed E-state index contributed by atoms with van der Waals surface area (Å²) < 4.78 is 16.8. The molecule has 1 atom stereocenters. The van der Waals surface area contributed by atoms with Crippen LogP contribution in [0.1, 0.15) is 245 Å². The van der Waals surface area contributed by atoms with Crippen molar-refractivity contribution in [2.45, 2.75) is 252 Å². The van der Waals surface area contributed by atoms with Gasteiger partial charge in [-0.3, -0.25) is 14.4 Å². The summed E-state index contributed by atoms with van der Waals surface area (Å²) in [6, 6.07) is 0. The lowest BCUT2D eigenvalue weighted by Gasteiger charge is -2.18. The molecule has 0 saturated heterocycles. The van der Waals surface area contributed by atoms with E-state index in [1.54, 1.807) is 0 Å². The minimum Gasteiger partial charge on any atom is -0.462 e. The van der Waals surface area contributed by atoms with Gasteiger partial charge in [-0.25, -0.2) is 0 Å². The van der Waals surface area contributed by atoms with Crippen molar-refractivity contribution in [2.75, 3.05) is 13.2 Å². The van der Waals surface area contributed by atoms with Gasteiger partial charge in [0.2, 0.25) is 0 Å². The van der Waals surface area contributed by atoms with Gasteiger partial charge in [-0.1, -0.05) is 279 Å². The number of hydrogen-bond acceptors (Lipinski definition) is 6. The van der Waals surface area contributed by atoms with Crippen LogP contribution in [0.4, 0.5) is 0 Å². The first-order chi connectivity index (χ1) is 40.5. The Morgan fingerprint density at radius 3 is 0.780 bits per heavy atom. The highest BCUT2D eigenvalue weighted by molar-refractivity contribution is 5.71. The Bertz CT molecular complexity index is 1970. The van der Waals surface area contributed by atoms with Gasteiger partial charge in [-0.15, -0.1) is 0 Å². The molecule has 0 spiro atoms. The van der Waals surface area contributed by atoms with Gasteiger partial charge in [0, 0.05) is 19.3 Å². The van der Waals surface area contributed by atoms with Crippen molar-refractivity contribution in [3.63, 3.8) is 0 Å². The van der Waals surface area contributed by atoms with E-state index in [2.05, 4.69) is 215 Å². The van der Waals surface area contributed by atoms with E-state index in [0.29, 0.717) is 19.3 Å². The molecule has 0 aromatic rings. The Hall–Kier alpha value is -5.75. The molecule has 82 heavy (non-hydrogen) atoms. The van der Waals surface area contributed by atoms with Crippen LogP contribution in [0.25, 0.3) is 0 Å². The predicted octanol–water partition coefficient (Wildman–Crippen LogP) is 22.6. The minimum absolute atomic E-state index is 0.120. The number of allylic oxidation sites excluding steroid dienone is 32. The molecule has 6 heteroatoms. The Morgan fingerprint density at radius 1 is 0.256 bits per heavy atom. The molecule has 0 aliphatic rings. The highest BCUT2D eigenvalue weighted by atomic mass is 16.6. The molecule has 0 heterocycles. The molecule has 0 saturated carbocycles. The highest BCUT2D eigenvalue weighted by Gasteiger charge is 2.19. The van der Waals surface area contributed by atoms with E-state index in [1.165, 1.54) is 44.9 Å². The van der Waals surface area contributed by atoms with E-state index in [1.807, 2.05) is 0 Å². The van der Waals surface area contributed by atoms with Crippen molar-refractivity contribution in [1.82, 2.24) is 0 Å². The van der Waals surface area contributed by atoms with Crippen LogP contribution in [-0.2, 0) is 28.6 Å². The van der Waals surface area contributed by atoms with Gasteiger partial charge in [0.15, 0.2) is 6.10 Å². The normalized spacial score (nSPS) is 13.5. The number of carbonyl (C=O) groups excluding carboxylic acids is 3. The maximum Gasteiger partial charge on any atom is 0.306 e. The van der Waals surface area contributed by atoms with E-state index in [-0.39, 0.29) is 37.5 Å². The molecular weight excluding hydrogens is 1010 g/mol. The van der Waals surface area contributed by atoms with Crippen LogP contribution in [0.3, 0.4) is 0 Å². The molecule has 0 amide bonds. The summed E-state index contributed by atoms with van der Waals surface area (Å²) in [7, 11) is 0. The third-order valence-electron chi connectivity index (χ3n) is 12.8. The monoisotopic (exact) mass is 1120 g/mol. The molecule has 0 aliphatic heterocycles. The van der Waals surface area contributed by atoms with Gasteiger partial charge >= 0.3 is 17.9 Å². The summed E-state index contributed by atoms with van der Waals surface area (Å²) in [4.78, 5) is 38.2. The third-order valence-corrected chi connectivity index (χ3v) is 12.8.